The molecule has 0 radical (unpaired) electrons. The van der Waals surface area contributed by atoms with E-state index < -0.39 is 0 Å². The lowest BCUT2D eigenvalue weighted by molar-refractivity contribution is 0.287. The van der Waals surface area contributed by atoms with E-state index in [9.17, 15) is 4.79 Å². The van der Waals surface area contributed by atoms with Crippen molar-refractivity contribution in [3.05, 3.63) is 76.1 Å². The molecule has 4 heteroatoms. The van der Waals surface area contributed by atoms with E-state index in [4.69, 9.17) is 9.26 Å². The minimum atomic E-state index is -0.236. The van der Waals surface area contributed by atoms with Crippen LogP contribution in [0.5, 0.6) is 5.75 Å². The van der Waals surface area contributed by atoms with Crippen molar-refractivity contribution in [2.75, 3.05) is 6.61 Å². The third kappa shape index (κ3) is 2.80. The fraction of sp³-hybridized carbons (Fsp3) is 0.211. The summed E-state index contributed by atoms with van der Waals surface area (Å²) in [6, 6.07) is 17.6. The van der Waals surface area contributed by atoms with Crippen LogP contribution >= 0.6 is 0 Å². The summed E-state index contributed by atoms with van der Waals surface area (Å²) >= 11 is 0. The Morgan fingerprint density at radius 1 is 1.13 bits per heavy atom. The minimum absolute atomic E-state index is 0.236. The highest BCUT2D eigenvalue weighted by Gasteiger charge is 2.22. The van der Waals surface area contributed by atoms with Crippen molar-refractivity contribution >= 4 is 0 Å². The SMILES string of the molecule is O=c1cc(-c2ccc(OCC3CCc4ccccc43)cc2)o[nH]1. The zero-order valence-electron chi connectivity index (χ0n) is 12.6. The number of H-pyrrole nitrogens is 1. The number of aromatic amines is 1. The molecule has 0 amide bonds. The summed E-state index contributed by atoms with van der Waals surface area (Å²) < 4.78 is 11.0. The number of fused-ring (bicyclic) bond motifs is 1. The zero-order chi connectivity index (χ0) is 15.6. The second-order valence-corrected chi connectivity index (χ2v) is 5.85. The van der Waals surface area contributed by atoms with Gasteiger partial charge < -0.3 is 9.26 Å². The Hall–Kier alpha value is -2.75. The number of ether oxygens (including phenoxy) is 1. The summed E-state index contributed by atoms with van der Waals surface area (Å²) in [5, 5.41) is 2.29. The summed E-state index contributed by atoms with van der Waals surface area (Å²) in [4.78, 5) is 11.1. The van der Waals surface area contributed by atoms with E-state index in [1.165, 1.54) is 17.2 Å². The van der Waals surface area contributed by atoms with E-state index in [0.29, 0.717) is 18.3 Å². The van der Waals surface area contributed by atoms with E-state index in [0.717, 1.165) is 24.2 Å². The normalized spacial score (nSPS) is 16.3. The molecule has 4 nitrogen and oxygen atoms in total. The van der Waals surface area contributed by atoms with Crippen LogP contribution in [0.15, 0.2) is 63.9 Å². The molecular formula is C19H17NO3. The molecule has 0 saturated carbocycles. The van der Waals surface area contributed by atoms with Gasteiger partial charge in [-0.05, 0) is 48.2 Å². The van der Waals surface area contributed by atoms with Crippen LogP contribution in [-0.4, -0.2) is 11.8 Å². The lowest BCUT2D eigenvalue weighted by atomic mass is 10.0. The molecule has 1 aliphatic carbocycles. The first-order chi connectivity index (χ1) is 11.3. The third-order valence-electron chi connectivity index (χ3n) is 4.37. The molecule has 3 aromatic rings. The van der Waals surface area contributed by atoms with Gasteiger partial charge in [-0.1, -0.05) is 24.3 Å². The lowest BCUT2D eigenvalue weighted by Gasteiger charge is -2.13. The van der Waals surface area contributed by atoms with Crippen molar-refractivity contribution in [3.8, 4) is 17.1 Å². The van der Waals surface area contributed by atoms with E-state index in [2.05, 4.69) is 29.4 Å². The highest BCUT2D eigenvalue weighted by molar-refractivity contribution is 5.57. The fourth-order valence-electron chi connectivity index (χ4n) is 3.16. The van der Waals surface area contributed by atoms with Gasteiger partial charge in [-0.25, -0.2) is 0 Å². The maximum atomic E-state index is 11.1. The van der Waals surface area contributed by atoms with Crippen LogP contribution in [0.1, 0.15) is 23.5 Å². The number of benzene rings is 2. The minimum Gasteiger partial charge on any atom is -0.493 e. The first-order valence-corrected chi connectivity index (χ1v) is 7.79. The summed E-state index contributed by atoms with van der Waals surface area (Å²) in [7, 11) is 0. The first-order valence-electron chi connectivity index (χ1n) is 7.79. The van der Waals surface area contributed by atoms with Crippen molar-refractivity contribution in [2.45, 2.75) is 18.8 Å². The molecule has 0 saturated heterocycles. The Kier molecular flexibility index (Phi) is 3.50. The predicted octanol–water partition coefficient (Wildman–Crippen LogP) is 3.74. The van der Waals surface area contributed by atoms with Gasteiger partial charge in [-0.15, -0.1) is 0 Å². The quantitative estimate of drug-likeness (QED) is 0.799. The topological polar surface area (TPSA) is 55.2 Å². The summed E-state index contributed by atoms with van der Waals surface area (Å²) in [5.41, 5.74) is 3.47. The van der Waals surface area contributed by atoms with Gasteiger partial charge in [0.15, 0.2) is 5.76 Å². The molecule has 1 atom stereocenters. The van der Waals surface area contributed by atoms with Crippen molar-refractivity contribution in [1.29, 1.82) is 0 Å². The van der Waals surface area contributed by atoms with Gasteiger partial charge in [0.1, 0.15) is 5.75 Å². The molecule has 0 bridgehead atoms. The molecule has 0 fully saturated rings. The molecule has 1 heterocycles. The average Bonchev–Trinajstić information content (AvgIpc) is 3.20. The maximum absolute atomic E-state index is 11.1. The second-order valence-electron chi connectivity index (χ2n) is 5.85. The fourth-order valence-corrected chi connectivity index (χ4v) is 3.16. The van der Waals surface area contributed by atoms with Gasteiger partial charge in [0.25, 0.3) is 5.56 Å². The van der Waals surface area contributed by atoms with Crippen LogP contribution in [0.3, 0.4) is 0 Å². The van der Waals surface area contributed by atoms with Gasteiger partial charge in [-0.2, -0.15) is 5.16 Å². The Bertz CT molecular complexity index is 861. The number of aromatic nitrogens is 1. The van der Waals surface area contributed by atoms with Crippen LogP contribution in [0.25, 0.3) is 11.3 Å². The van der Waals surface area contributed by atoms with E-state index in [1.54, 1.807) is 0 Å². The standard InChI is InChI=1S/C19H17NO3/c21-19-11-18(23-20-19)14-7-9-16(10-8-14)22-12-15-6-5-13-3-1-2-4-17(13)15/h1-4,7-11,15H,5-6,12H2,(H,20,21). The maximum Gasteiger partial charge on any atom is 0.280 e. The number of rotatable bonds is 4. The van der Waals surface area contributed by atoms with E-state index >= 15 is 0 Å². The molecule has 0 aliphatic heterocycles. The third-order valence-corrected chi connectivity index (χ3v) is 4.37. The Balaban J connectivity index is 1.43. The van der Waals surface area contributed by atoms with Crippen molar-refractivity contribution in [2.24, 2.45) is 0 Å². The van der Waals surface area contributed by atoms with Crippen LogP contribution in [0, 0.1) is 0 Å². The molecule has 23 heavy (non-hydrogen) atoms. The number of nitrogens with one attached hydrogen (secondary N) is 1. The summed E-state index contributed by atoms with van der Waals surface area (Å²) in [6.07, 6.45) is 2.28. The molecule has 116 valence electrons. The van der Waals surface area contributed by atoms with Crippen LogP contribution < -0.4 is 10.3 Å². The Labute approximate surface area is 133 Å². The molecule has 1 unspecified atom stereocenters. The largest absolute Gasteiger partial charge is 0.493 e. The highest BCUT2D eigenvalue weighted by Crippen LogP contribution is 2.33. The molecule has 0 spiro atoms. The van der Waals surface area contributed by atoms with Gasteiger partial charge in [0.05, 0.1) is 12.7 Å². The van der Waals surface area contributed by atoms with Gasteiger partial charge >= 0.3 is 0 Å². The zero-order valence-corrected chi connectivity index (χ0v) is 12.6. The van der Waals surface area contributed by atoms with Crippen molar-refractivity contribution in [1.82, 2.24) is 5.16 Å². The van der Waals surface area contributed by atoms with Crippen LogP contribution in [-0.2, 0) is 6.42 Å². The summed E-state index contributed by atoms with van der Waals surface area (Å²) in [6.45, 7) is 0.690. The molecule has 1 aromatic heterocycles. The monoisotopic (exact) mass is 307 g/mol. The number of aryl methyl sites for hydroxylation is 1. The molecule has 2 aromatic carbocycles. The van der Waals surface area contributed by atoms with Gasteiger partial charge in [-0.3, -0.25) is 4.79 Å². The summed E-state index contributed by atoms with van der Waals surface area (Å²) in [5.74, 6) is 1.83. The van der Waals surface area contributed by atoms with Crippen molar-refractivity contribution in [3.63, 3.8) is 0 Å². The molecule has 1 aliphatic rings. The molecule has 4 rings (SSSR count). The smallest absolute Gasteiger partial charge is 0.280 e. The Morgan fingerprint density at radius 2 is 1.96 bits per heavy atom. The molecular weight excluding hydrogens is 290 g/mol. The average molecular weight is 307 g/mol. The van der Waals surface area contributed by atoms with Crippen LogP contribution in [0.4, 0.5) is 0 Å². The first kappa shape index (κ1) is 13.9. The Morgan fingerprint density at radius 3 is 2.74 bits per heavy atom. The molecule has 1 N–H and O–H groups in total. The van der Waals surface area contributed by atoms with Gasteiger partial charge in [0.2, 0.25) is 0 Å². The number of hydrogen-bond acceptors (Lipinski definition) is 3. The second kappa shape index (κ2) is 5.80. The lowest BCUT2D eigenvalue weighted by Crippen LogP contribution is -2.07. The van der Waals surface area contributed by atoms with Crippen LogP contribution in [0.2, 0.25) is 0 Å². The van der Waals surface area contributed by atoms with E-state index in [1.807, 2.05) is 24.3 Å². The van der Waals surface area contributed by atoms with Crippen molar-refractivity contribution < 1.29 is 9.26 Å². The predicted molar refractivity (Wildman–Crippen MR) is 87.8 cm³/mol. The highest BCUT2D eigenvalue weighted by atomic mass is 16.5. The van der Waals surface area contributed by atoms with E-state index in [-0.39, 0.29) is 5.56 Å². The van der Waals surface area contributed by atoms with Gasteiger partial charge in [0, 0.05) is 11.5 Å². The number of hydrogen-bond donors (Lipinski definition) is 1.